The summed E-state index contributed by atoms with van der Waals surface area (Å²) >= 11 is 0. The van der Waals surface area contributed by atoms with Crippen LogP contribution in [0.15, 0.2) is 41.4 Å². The molecule has 26 heavy (non-hydrogen) atoms. The number of anilines is 1. The molecular formula is C20H22N2O4. The molecular weight excluding hydrogens is 332 g/mol. The fourth-order valence-corrected chi connectivity index (χ4v) is 3.09. The lowest BCUT2D eigenvalue weighted by Gasteiger charge is -2.14. The number of fused-ring (bicyclic) bond motifs is 1. The minimum absolute atomic E-state index is 0.0931. The summed E-state index contributed by atoms with van der Waals surface area (Å²) in [6.07, 6.45) is 0.651. The minimum atomic E-state index is -0.447. The number of nitrogens with one attached hydrogen (secondary N) is 1. The highest BCUT2D eigenvalue weighted by Gasteiger charge is 2.35. The molecule has 0 saturated heterocycles. The number of methoxy groups -OCH3 is 3. The Kier molecular flexibility index (Phi) is 5.11. The van der Waals surface area contributed by atoms with E-state index in [2.05, 4.69) is 5.32 Å². The molecule has 0 aromatic heterocycles. The van der Waals surface area contributed by atoms with Crippen LogP contribution < -0.4 is 19.5 Å². The standard InChI is InChI=1S/C20H22N2O4/c1-5-15(21-12-6-8-13(24-2)9-7-12)19-14-10-17(25-3)18(26-4)11-16(14)22-20(19)23/h6-11,19H,5H2,1-4H3,(H,22,23). The second-order valence-electron chi connectivity index (χ2n) is 5.87. The number of benzene rings is 2. The Morgan fingerprint density at radius 1 is 1.04 bits per heavy atom. The van der Waals surface area contributed by atoms with Crippen LogP contribution in [0.4, 0.5) is 11.4 Å². The Hall–Kier alpha value is -3.02. The molecule has 1 unspecified atom stereocenters. The van der Waals surface area contributed by atoms with Crippen LogP contribution in [0.2, 0.25) is 0 Å². The van der Waals surface area contributed by atoms with Gasteiger partial charge in [-0.25, -0.2) is 0 Å². The van der Waals surface area contributed by atoms with Gasteiger partial charge >= 0.3 is 0 Å². The highest BCUT2D eigenvalue weighted by Crippen LogP contribution is 2.42. The van der Waals surface area contributed by atoms with E-state index >= 15 is 0 Å². The van der Waals surface area contributed by atoms with E-state index in [9.17, 15) is 4.79 Å². The summed E-state index contributed by atoms with van der Waals surface area (Å²) < 4.78 is 15.9. The van der Waals surface area contributed by atoms with Gasteiger partial charge in [-0.05, 0) is 42.3 Å². The molecule has 1 amide bonds. The lowest BCUT2D eigenvalue weighted by molar-refractivity contribution is -0.115. The summed E-state index contributed by atoms with van der Waals surface area (Å²) in [6, 6.07) is 11.1. The maximum absolute atomic E-state index is 12.6. The van der Waals surface area contributed by atoms with Gasteiger partial charge in [0.2, 0.25) is 5.91 Å². The number of hydrogen-bond acceptors (Lipinski definition) is 5. The number of hydrogen-bond donors (Lipinski definition) is 1. The second-order valence-corrected chi connectivity index (χ2v) is 5.87. The second kappa shape index (κ2) is 7.47. The first kappa shape index (κ1) is 17.8. The van der Waals surface area contributed by atoms with Crippen LogP contribution in [0.1, 0.15) is 24.8 Å². The van der Waals surface area contributed by atoms with Crippen LogP contribution in [0.3, 0.4) is 0 Å². The predicted molar refractivity (Wildman–Crippen MR) is 101 cm³/mol. The van der Waals surface area contributed by atoms with Gasteiger partial charge in [0, 0.05) is 17.5 Å². The maximum atomic E-state index is 12.6. The first-order valence-electron chi connectivity index (χ1n) is 8.39. The summed E-state index contributed by atoms with van der Waals surface area (Å²) in [7, 11) is 4.77. The molecule has 6 nitrogen and oxygen atoms in total. The Morgan fingerprint density at radius 3 is 2.27 bits per heavy atom. The van der Waals surface area contributed by atoms with Crippen LogP contribution in [0.5, 0.6) is 17.2 Å². The van der Waals surface area contributed by atoms with E-state index < -0.39 is 5.92 Å². The summed E-state index contributed by atoms with van der Waals surface area (Å²) in [5.41, 5.74) is 3.15. The summed E-state index contributed by atoms with van der Waals surface area (Å²) in [4.78, 5) is 17.3. The van der Waals surface area contributed by atoms with Crippen LogP contribution >= 0.6 is 0 Å². The molecule has 1 aliphatic heterocycles. The summed E-state index contributed by atoms with van der Waals surface area (Å²) in [5, 5.41) is 2.92. The highest BCUT2D eigenvalue weighted by molar-refractivity contribution is 6.19. The number of rotatable bonds is 6. The van der Waals surface area contributed by atoms with Crippen LogP contribution in [0.25, 0.3) is 0 Å². The average Bonchev–Trinajstić information content (AvgIpc) is 3.00. The Bertz CT molecular complexity index is 844. The smallest absolute Gasteiger partial charge is 0.237 e. The quantitative estimate of drug-likeness (QED) is 0.798. The van der Waals surface area contributed by atoms with Gasteiger partial charge in [0.25, 0.3) is 0 Å². The average molecular weight is 354 g/mol. The predicted octanol–water partition coefficient (Wildman–Crippen LogP) is 3.93. The molecule has 2 aromatic rings. The zero-order chi connectivity index (χ0) is 18.7. The van der Waals surface area contributed by atoms with Gasteiger partial charge < -0.3 is 19.5 Å². The van der Waals surface area contributed by atoms with Gasteiger partial charge in [-0.3, -0.25) is 9.79 Å². The lowest BCUT2D eigenvalue weighted by Crippen LogP contribution is -2.20. The number of carbonyl (C=O) groups is 1. The van der Waals surface area contributed by atoms with Crippen LogP contribution in [-0.4, -0.2) is 32.9 Å². The van der Waals surface area contributed by atoms with Crippen molar-refractivity contribution in [2.45, 2.75) is 19.3 Å². The number of carbonyl (C=O) groups excluding carboxylic acids is 1. The molecule has 1 aliphatic rings. The number of aliphatic imine (C=N–C) groups is 1. The van der Waals surface area contributed by atoms with E-state index in [1.807, 2.05) is 37.3 Å². The van der Waals surface area contributed by atoms with Crippen molar-refractivity contribution in [2.24, 2.45) is 4.99 Å². The van der Waals surface area contributed by atoms with E-state index in [0.717, 1.165) is 28.4 Å². The van der Waals surface area contributed by atoms with Crippen LogP contribution in [-0.2, 0) is 4.79 Å². The van der Waals surface area contributed by atoms with Gasteiger partial charge in [-0.1, -0.05) is 6.92 Å². The Labute approximate surface area is 152 Å². The maximum Gasteiger partial charge on any atom is 0.237 e. The summed E-state index contributed by atoms with van der Waals surface area (Å²) in [6.45, 7) is 1.99. The Morgan fingerprint density at radius 2 is 1.69 bits per heavy atom. The molecule has 0 radical (unpaired) electrons. The molecule has 0 saturated carbocycles. The molecule has 2 aromatic carbocycles. The van der Waals surface area contributed by atoms with E-state index in [-0.39, 0.29) is 5.91 Å². The molecule has 0 aliphatic carbocycles. The van der Waals surface area contributed by atoms with Gasteiger partial charge in [0.15, 0.2) is 11.5 Å². The third-order valence-electron chi connectivity index (χ3n) is 4.43. The molecule has 3 rings (SSSR count). The molecule has 1 atom stereocenters. The third kappa shape index (κ3) is 3.22. The van der Waals surface area contributed by atoms with Crippen molar-refractivity contribution in [3.63, 3.8) is 0 Å². The third-order valence-corrected chi connectivity index (χ3v) is 4.43. The van der Waals surface area contributed by atoms with Crippen molar-refractivity contribution in [1.29, 1.82) is 0 Å². The molecule has 1 heterocycles. The zero-order valence-electron chi connectivity index (χ0n) is 15.3. The van der Waals surface area contributed by atoms with Crippen molar-refractivity contribution < 1.29 is 19.0 Å². The van der Waals surface area contributed by atoms with E-state index in [0.29, 0.717) is 17.9 Å². The summed E-state index contributed by atoms with van der Waals surface area (Å²) in [5.74, 6) is 1.40. The highest BCUT2D eigenvalue weighted by atomic mass is 16.5. The number of ether oxygens (including phenoxy) is 3. The van der Waals surface area contributed by atoms with Gasteiger partial charge in [-0.15, -0.1) is 0 Å². The topological polar surface area (TPSA) is 69.2 Å². The first-order valence-corrected chi connectivity index (χ1v) is 8.39. The van der Waals surface area contributed by atoms with E-state index in [1.165, 1.54) is 0 Å². The monoisotopic (exact) mass is 354 g/mol. The zero-order valence-corrected chi connectivity index (χ0v) is 15.3. The fraction of sp³-hybridized carbons (Fsp3) is 0.300. The molecule has 0 bridgehead atoms. The molecule has 0 spiro atoms. The van der Waals surface area contributed by atoms with Gasteiger partial charge in [0.05, 0.1) is 27.0 Å². The van der Waals surface area contributed by atoms with E-state index in [4.69, 9.17) is 19.2 Å². The van der Waals surface area contributed by atoms with E-state index in [1.54, 1.807) is 27.4 Å². The molecule has 136 valence electrons. The first-order chi connectivity index (χ1) is 12.6. The SMILES string of the molecule is CCC(=Nc1ccc(OC)cc1)C1C(=O)Nc2cc(OC)c(OC)cc21. The van der Waals surface area contributed by atoms with Crippen LogP contribution in [0, 0.1) is 0 Å². The number of nitrogens with zero attached hydrogens (tertiary/aromatic N) is 1. The van der Waals surface area contributed by atoms with Crippen molar-refractivity contribution in [3.05, 3.63) is 42.0 Å². The normalized spacial score (nSPS) is 16.1. The van der Waals surface area contributed by atoms with Crippen molar-refractivity contribution >= 4 is 23.0 Å². The minimum Gasteiger partial charge on any atom is -0.497 e. The van der Waals surface area contributed by atoms with Crippen molar-refractivity contribution in [2.75, 3.05) is 26.6 Å². The molecule has 6 heteroatoms. The fourth-order valence-electron chi connectivity index (χ4n) is 3.09. The van der Waals surface area contributed by atoms with Crippen molar-refractivity contribution in [3.8, 4) is 17.2 Å². The van der Waals surface area contributed by atoms with Gasteiger partial charge in [-0.2, -0.15) is 0 Å². The molecule has 1 N–H and O–H groups in total. The van der Waals surface area contributed by atoms with Crippen molar-refractivity contribution in [1.82, 2.24) is 0 Å². The molecule has 0 fully saturated rings. The largest absolute Gasteiger partial charge is 0.497 e. The number of amides is 1. The Balaban J connectivity index is 2.02. The lowest BCUT2D eigenvalue weighted by atomic mass is 9.93. The van der Waals surface area contributed by atoms with Gasteiger partial charge in [0.1, 0.15) is 11.7 Å².